The lowest BCUT2D eigenvalue weighted by molar-refractivity contribution is -0.129. The molecule has 1 fully saturated rings. The van der Waals surface area contributed by atoms with Crippen LogP contribution in [0.3, 0.4) is 0 Å². The summed E-state index contributed by atoms with van der Waals surface area (Å²) in [4.78, 5) is 38.0. The average Bonchev–Trinajstić information content (AvgIpc) is 3.11. The van der Waals surface area contributed by atoms with Crippen LogP contribution in [0.4, 0.5) is 10.6 Å². The molecule has 2 heterocycles. The Balaban J connectivity index is 1.54. The zero-order valence-electron chi connectivity index (χ0n) is 16.1. The molecule has 0 bridgehead atoms. The van der Waals surface area contributed by atoms with E-state index >= 15 is 0 Å². The van der Waals surface area contributed by atoms with Crippen LogP contribution >= 0.6 is 0 Å². The van der Waals surface area contributed by atoms with Crippen molar-refractivity contribution in [2.45, 2.75) is 25.8 Å². The predicted octanol–water partition coefficient (Wildman–Crippen LogP) is 1.23. The molecule has 3 rings (SSSR count). The third kappa shape index (κ3) is 4.30. The Bertz CT molecular complexity index is 871. The van der Waals surface area contributed by atoms with Crippen molar-refractivity contribution >= 4 is 23.7 Å². The number of rotatable bonds is 7. The molecule has 0 radical (unpaired) electrons. The van der Waals surface area contributed by atoms with Gasteiger partial charge >= 0.3 is 6.03 Å². The second kappa shape index (κ2) is 8.12. The SMILES string of the molecule is COc1ccc(CCN2C(=O)NC(CC(=O)Nc3cc(C)n(C)n3)C2=O)cc1. The minimum atomic E-state index is -0.867. The Morgan fingerprint density at radius 3 is 2.61 bits per heavy atom. The molecule has 1 saturated heterocycles. The van der Waals surface area contributed by atoms with Crippen molar-refractivity contribution in [3.63, 3.8) is 0 Å². The molecule has 2 N–H and O–H groups in total. The summed E-state index contributed by atoms with van der Waals surface area (Å²) >= 11 is 0. The van der Waals surface area contributed by atoms with Gasteiger partial charge in [0, 0.05) is 25.4 Å². The lowest BCUT2D eigenvalue weighted by Gasteiger charge is -2.13. The maximum Gasteiger partial charge on any atom is 0.324 e. The summed E-state index contributed by atoms with van der Waals surface area (Å²) in [6.45, 7) is 2.11. The lowest BCUT2D eigenvalue weighted by atomic mass is 10.1. The molecule has 0 aliphatic carbocycles. The van der Waals surface area contributed by atoms with Gasteiger partial charge in [-0.3, -0.25) is 19.2 Å². The van der Waals surface area contributed by atoms with E-state index in [0.29, 0.717) is 12.2 Å². The zero-order valence-corrected chi connectivity index (χ0v) is 16.1. The summed E-state index contributed by atoms with van der Waals surface area (Å²) in [6, 6.07) is 7.81. The summed E-state index contributed by atoms with van der Waals surface area (Å²) in [5, 5.41) is 9.36. The Kier molecular flexibility index (Phi) is 5.62. The van der Waals surface area contributed by atoms with Crippen LogP contribution in [0.15, 0.2) is 30.3 Å². The maximum absolute atomic E-state index is 12.5. The van der Waals surface area contributed by atoms with E-state index in [-0.39, 0.29) is 18.9 Å². The highest BCUT2D eigenvalue weighted by Crippen LogP contribution is 2.15. The summed E-state index contributed by atoms with van der Waals surface area (Å²) < 4.78 is 6.75. The molecule has 4 amide bonds. The Morgan fingerprint density at radius 1 is 1.29 bits per heavy atom. The van der Waals surface area contributed by atoms with Gasteiger partial charge in [-0.1, -0.05) is 12.1 Å². The number of imide groups is 1. The van der Waals surface area contributed by atoms with Crippen molar-refractivity contribution in [1.29, 1.82) is 0 Å². The molecule has 1 aromatic heterocycles. The number of carbonyl (C=O) groups excluding carboxylic acids is 3. The molecular weight excluding hydrogens is 362 g/mol. The van der Waals surface area contributed by atoms with Gasteiger partial charge in [0.1, 0.15) is 11.8 Å². The van der Waals surface area contributed by atoms with Crippen molar-refractivity contribution < 1.29 is 19.1 Å². The molecule has 28 heavy (non-hydrogen) atoms. The molecule has 0 spiro atoms. The van der Waals surface area contributed by atoms with Gasteiger partial charge in [0.2, 0.25) is 5.91 Å². The summed E-state index contributed by atoms with van der Waals surface area (Å²) in [5.74, 6) is 0.380. The molecule has 1 atom stereocenters. The van der Waals surface area contributed by atoms with Gasteiger partial charge in [-0.05, 0) is 31.0 Å². The molecule has 2 aromatic rings. The van der Waals surface area contributed by atoms with Crippen molar-refractivity contribution in [2.24, 2.45) is 7.05 Å². The molecule has 148 valence electrons. The number of hydrogen-bond acceptors (Lipinski definition) is 5. The maximum atomic E-state index is 12.5. The van der Waals surface area contributed by atoms with Crippen LogP contribution in [0, 0.1) is 6.92 Å². The fourth-order valence-corrected chi connectivity index (χ4v) is 2.96. The van der Waals surface area contributed by atoms with Gasteiger partial charge in [-0.25, -0.2) is 4.79 Å². The standard InChI is InChI=1S/C19H23N5O4/c1-12-10-16(22-23(12)2)21-17(25)11-15-18(26)24(19(27)20-15)9-8-13-4-6-14(28-3)7-5-13/h4-7,10,15H,8-9,11H2,1-3H3,(H,20,27)(H,21,22,25). The highest BCUT2D eigenvalue weighted by molar-refractivity contribution is 6.06. The Labute approximate surface area is 162 Å². The van der Waals surface area contributed by atoms with E-state index in [2.05, 4.69) is 15.7 Å². The van der Waals surface area contributed by atoms with Crippen molar-refractivity contribution in [3.05, 3.63) is 41.6 Å². The number of urea groups is 1. The summed E-state index contributed by atoms with van der Waals surface area (Å²) in [7, 11) is 3.36. The Morgan fingerprint density at radius 2 is 2.00 bits per heavy atom. The third-order valence-electron chi connectivity index (χ3n) is 4.66. The molecule has 0 saturated carbocycles. The highest BCUT2D eigenvalue weighted by Gasteiger charge is 2.38. The normalized spacial score (nSPS) is 16.2. The fraction of sp³-hybridized carbons (Fsp3) is 0.368. The van der Waals surface area contributed by atoms with Crippen molar-refractivity contribution in [2.75, 3.05) is 19.0 Å². The van der Waals surface area contributed by atoms with Gasteiger partial charge in [-0.2, -0.15) is 5.10 Å². The van der Waals surface area contributed by atoms with E-state index in [1.54, 1.807) is 24.9 Å². The third-order valence-corrected chi connectivity index (χ3v) is 4.66. The minimum Gasteiger partial charge on any atom is -0.497 e. The number of aromatic nitrogens is 2. The molecule has 1 aromatic carbocycles. The van der Waals surface area contributed by atoms with E-state index in [1.165, 1.54) is 0 Å². The van der Waals surface area contributed by atoms with E-state index in [1.807, 2.05) is 31.2 Å². The molecule has 1 unspecified atom stereocenters. The molecule has 9 heteroatoms. The van der Waals surface area contributed by atoms with Gasteiger partial charge in [0.25, 0.3) is 5.91 Å². The number of hydrogen-bond donors (Lipinski definition) is 2. The van der Waals surface area contributed by atoms with Crippen molar-refractivity contribution in [1.82, 2.24) is 20.0 Å². The van der Waals surface area contributed by atoms with E-state index in [0.717, 1.165) is 21.9 Å². The van der Waals surface area contributed by atoms with E-state index < -0.39 is 18.0 Å². The minimum absolute atomic E-state index is 0.140. The highest BCUT2D eigenvalue weighted by atomic mass is 16.5. The van der Waals surface area contributed by atoms with Crippen LogP contribution in [0.2, 0.25) is 0 Å². The predicted molar refractivity (Wildman–Crippen MR) is 102 cm³/mol. The number of carbonyl (C=O) groups is 3. The van der Waals surface area contributed by atoms with Gasteiger partial charge < -0.3 is 15.4 Å². The first-order valence-electron chi connectivity index (χ1n) is 8.92. The van der Waals surface area contributed by atoms with Gasteiger partial charge in [-0.15, -0.1) is 0 Å². The van der Waals surface area contributed by atoms with Gasteiger partial charge in [0.15, 0.2) is 5.82 Å². The topological polar surface area (TPSA) is 106 Å². The zero-order chi connectivity index (χ0) is 20.3. The first-order valence-corrected chi connectivity index (χ1v) is 8.92. The number of benzene rings is 1. The van der Waals surface area contributed by atoms with E-state index in [9.17, 15) is 14.4 Å². The number of anilines is 1. The summed E-state index contributed by atoms with van der Waals surface area (Å²) in [5.41, 5.74) is 1.87. The molecule has 9 nitrogen and oxygen atoms in total. The number of amides is 4. The monoisotopic (exact) mass is 385 g/mol. The van der Waals surface area contributed by atoms with Crippen molar-refractivity contribution in [3.8, 4) is 5.75 Å². The van der Waals surface area contributed by atoms with Crippen LogP contribution in [0.5, 0.6) is 5.75 Å². The number of nitrogens with zero attached hydrogens (tertiary/aromatic N) is 3. The van der Waals surface area contributed by atoms with Gasteiger partial charge in [0.05, 0.1) is 13.5 Å². The van der Waals surface area contributed by atoms with Crippen LogP contribution in [-0.4, -0.2) is 52.2 Å². The second-order valence-corrected chi connectivity index (χ2v) is 6.64. The second-order valence-electron chi connectivity index (χ2n) is 6.64. The number of nitrogens with one attached hydrogen (secondary N) is 2. The first-order chi connectivity index (χ1) is 13.4. The number of ether oxygens (including phenoxy) is 1. The smallest absolute Gasteiger partial charge is 0.324 e. The number of methoxy groups -OCH3 is 1. The van der Waals surface area contributed by atoms with Crippen LogP contribution in [0.1, 0.15) is 17.7 Å². The fourth-order valence-electron chi connectivity index (χ4n) is 2.96. The van der Waals surface area contributed by atoms with Crippen LogP contribution < -0.4 is 15.4 Å². The molecular formula is C19H23N5O4. The lowest BCUT2D eigenvalue weighted by Crippen LogP contribution is -2.35. The average molecular weight is 385 g/mol. The number of aryl methyl sites for hydroxylation is 2. The summed E-state index contributed by atoms with van der Waals surface area (Å²) in [6.07, 6.45) is 0.383. The molecule has 1 aliphatic rings. The van der Waals surface area contributed by atoms with E-state index in [4.69, 9.17) is 4.74 Å². The molecule has 1 aliphatic heterocycles. The quantitative estimate of drug-likeness (QED) is 0.698. The first kappa shape index (κ1) is 19.4. The Hall–Kier alpha value is -3.36. The van der Waals surface area contributed by atoms with Crippen LogP contribution in [0.25, 0.3) is 0 Å². The van der Waals surface area contributed by atoms with Crippen LogP contribution in [-0.2, 0) is 23.1 Å². The largest absolute Gasteiger partial charge is 0.497 e.